The molecular weight excluding hydrogens is 234 g/mol. The summed E-state index contributed by atoms with van der Waals surface area (Å²) in [4.78, 5) is 11.0. The van der Waals surface area contributed by atoms with E-state index in [2.05, 4.69) is 4.74 Å². The molecule has 3 N–H and O–H groups in total. The number of carbonyl (C=O) groups is 1. The standard InChI is InChI=1S/C8H17N3O4S/c1-3-15-8(12)10-16(13,14)11-4-6(2)7(9)5-11/h6-7H,3-5,9H2,1-2H3,(H,10,12). The lowest BCUT2D eigenvalue weighted by atomic mass is 10.1. The molecule has 1 saturated heterocycles. The Morgan fingerprint density at radius 1 is 1.56 bits per heavy atom. The second-order valence-electron chi connectivity index (χ2n) is 3.79. The van der Waals surface area contributed by atoms with E-state index < -0.39 is 16.3 Å². The molecule has 0 saturated carbocycles. The molecular formula is C8H17N3O4S. The van der Waals surface area contributed by atoms with Crippen molar-refractivity contribution in [2.75, 3.05) is 19.7 Å². The van der Waals surface area contributed by atoms with Gasteiger partial charge in [-0.3, -0.25) is 0 Å². The highest BCUT2D eigenvalue weighted by Crippen LogP contribution is 2.16. The second-order valence-corrected chi connectivity index (χ2v) is 5.46. The third-order valence-corrected chi connectivity index (χ3v) is 3.87. The van der Waals surface area contributed by atoms with Gasteiger partial charge < -0.3 is 10.5 Å². The summed E-state index contributed by atoms with van der Waals surface area (Å²) in [7, 11) is -3.82. The molecule has 0 aromatic rings. The van der Waals surface area contributed by atoms with Crippen molar-refractivity contribution < 1.29 is 17.9 Å². The smallest absolute Gasteiger partial charge is 0.421 e. The zero-order valence-corrected chi connectivity index (χ0v) is 10.2. The lowest BCUT2D eigenvalue weighted by molar-refractivity contribution is 0.158. The third-order valence-electron chi connectivity index (χ3n) is 2.46. The number of ether oxygens (including phenoxy) is 1. The number of nitrogens with zero attached hydrogens (tertiary/aromatic N) is 1. The number of amides is 1. The predicted octanol–water partition coefficient (Wildman–Crippen LogP) is -0.744. The van der Waals surface area contributed by atoms with Crippen molar-refractivity contribution in [3.63, 3.8) is 0 Å². The lowest BCUT2D eigenvalue weighted by Gasteiger charge is -2.15. The number of rotatable bonds is 3. The van der Waals surface area contributed by atoms with Gasteiger partial charge in [0.05, 0.1) is 6.61 Å². The second kappa shape index (κ2) is 4.98. The first-order valence-corrected chi connectivity index (χ1v) is 6.51. The normalized spacial score (nSPS) is 26.7. The molecule has 94 valence electrons. The molecule has 1 rings (SSSR count). The fourth-order valence-corrected chi connectivity index (χ4v) is 2.67. The topological polar surface area (TPSA) is 102 Å². The van der Waals surface area contributed by atoms with E-state index in [1.165, 1.54) is 0 Å². The van der Waals surface area contributed by atoms with Crippen molar-refractivity contribution in [2.24, 2.45) is 11.7 Å². The average molecular weight is 251 g/mol. The number of hydrogen-bond donors (Lipinski definition) is 2. The molecule has 0 aliphatic carbocycles. The highest BCUT2D eigenvalue weighted by molar-refractivity contribution is 7.87. The monoisotopic (exact) mass is 251 g/mol. The van der Waals surface area contributed by atoms with E-state index in [1.54, 1.807) is 6.92 Å². The molecule has 1 amide bonds. The summed E-state index contributed by atoms with van der Waals surface area (Å²) in [5, 5.41) is 0. The third kappa shape index (κ3) is 3.06. The summed E-state index contributed by atoms with van der Waals surface area (Å²) in [6.45, 7) is 4.12. The van der Waals surface area contributed by atoms with Crippen LogP contribution in [0.5, 0.6) is 0 Å². The summed E-state index contributed by atoms with van der Waals surface area (Å²) in [6, 6.07) is -0.196. The first-order valence-electron chi connectivity index (χ1n) is 5.07. The fraction of sp³-hybridized carbons (Fsp3) is 0.875. The summed E-state index contributed by atoms with van der Waals surface area (Å²) in [5.41, 5.74) is 5.70. The largest absolute Gasteiger partial charge is 0.449 e. The van der Waals surface area contributed by atoms with Gasteiger partial charge in [0.1, 0.15) is 0 Å². The van der Waals surface area contributed by atoms with Crippen LogP contribution in [-0.4, -0.2) is 44.6 Å². The van der Waals surface area contributed by atoms with Crippen LogP contribution in [0.1, 0.15) is 13.8 Å². The molecule has 7 nitrogen and oxygen atoms in total. The van der Waals surface area contributed by atoms with Crippen LogP contribution in [-0.2, 0) is 14.9 Å². The van der Waals surface area contributed by atoms with Crippen molar-refractivity contribution in [1.82, 2.24) is 9.03 Å². The molecule has 1 aliphatic rings. The summed E-state index contributed by atoms with van der Waals surface area (Å²) in [6.07, 6.45) is -0.962. The molecule has 2 unspecified atom stereocenters. The maximum atomic E-state index is 11.7. The Labute approximate surface area is 95.1 Å². The Bertz CT molecular complexity index is 346. The van der Waals surface area contributed by atoms with Crippen LogP contribution in [0, 0.1) is 5.92 Å². The van der Waals surface area contributed by atoms with Gasteiger partial charge in [-0.15, -0.1) is 0 Å². The van der Waals surface area contributed by atoms with E-state index in [0.29, 0.717) is 6.54 Å². The minimum Gasteiger partial charge on any atom is -0.449 e. The van der Waals surface area contributed by atoms with E-state index in [0.717, 1.165) is 4.31 Å². The average Bonchev–Trinajstić information content (AvgIpc) is 2.47. The zero-order valence-electron chi connectivity index (χ0n) is 9.34. The van der Waals surface area contributed by atoms with Gasteiger partial charge in [-0.05, 0) is 12.8 Å². The van der Waals surface area contributed by atoms with Gasteiger partial charge in [-0.2, -0.15) is 12.7 Å². The zero-order chi connectivity index (χ0) is 12.3. The minimum absolute atomic E-state index is 0.0822. The van der Waals surface area contributed by atoms with E-state index in [-0.39, 0.29) is 25.1 Å². The lowest BCUT2D eigenvalue weighted by Crippen LogP contribution is -2.43. The highest BCUT2D eigenvalue weighted by atomic mass is 32.2. The number of carbonyl (C=O) groups excluding carboxylic acids is 1. The Kier molecular flexibility index (Phi) is 4.11. The van der Waals surface area contributed by atoms with Gasteiger partial charge in [0.25, 0.3) is 0 Å². The number of nitrogens with one attached hydrogen (secondary N) is 1. The fourth-order valence-electron chi connectivity index (χ4n) is 1.47. The molecule has 1 aliphatic heterocycles. The molecule has 8 heteroatoms. The molecule has 0 aromatic carbocycles. The van der Waals surface area contributed by atoms with Crippen LogP contribution < -0.4 is 10.5 Å². The van der Waals surface area contributed by atoms with Gasteiger partial charge in [0.15, 0.2) is 0 Å². The minimum atomic E-state index is -3.82. The van der Waals surface area contributed by atoms with Crippen molar-refractivity contribution in [3.05, 3.63) is 0 Å². The van der Waals surface area contributed by atoms with Crippen LogP contribution in [0.15, 0.2) is 0 Å². The van der Waals surface area contributed by atoms with Crippen molar-refractivity contribution in [1.29, 1.82) is 0 Å². The molecule has 0 spiro atoms. The van der Waals surface area contributed by atoms with Gasteiger partial charge in [-0.25, -0.2) is 9.52 Å². The summed E-state index contributed by atoms with van der Waals surface area (Å²) in [5.74, 6) is 0.0822. The van der Waals surface area contributed by atoms with Crippen LogP contribution in [0.2, 0.25) is 0 Å². The molecule has 0 bridgehead atoms. The van der Waals surface area contributed by atoms with E-state index in [4.69, 9.17) is 5.73 Å². The number of hydrogen-bond acceptors (Lipinski definition) is 5. The van der Waals surface area contributed by atoms with Crippen molar-refractivity contribution >= 4 is 16.3 Å². The molecule has 0 aromatic heterocycles. The Morgan fingerprint density at radius 3 is 2.62 bits per heavy atom. The predicted molar refractivity (Wildman–Crippen MR) is 57.8 cm³/mol. The van der Waals surface area contributed by atoms with E-state index in [9.17, 15) is 13.2 Å². The Morgan fingerprint density at radius 2 is 2.19 bits per heavy atom. The summed E-state index contributed by atoms with van der Waals surface area (Å²) >= 11 is 0. The SMILES string of the molecule is CCOC(=O)NS(=O)(=O)N1CC(C)C(N)C1. The van der Waals surface area contributed by atoms with Crippen LogP contribution in [0.25, 0.3) is 0 Å². The first kappa shape index (κ1) is 13.2. The first-order chi connectivity index (χ1) is 7.36. The van der Waals surface area contributed by atoms with E-state index >= 15 is 0 Å². The quantitative estimate of drug-likeness (QED) is 0.687. The van der Waals surface area contributed by atoms with Crippen LogP contribution >= 0.6 is 0 Å². The van der Waals surface area contributed by atoms with Crippen molar-refractivity contribution in [2.45, 2.75) is 19.9 Å². The molecule has 2 atom stereocenters. The maximum absolute atomic E-state index is 11.7. The van der Waals surface area contributed by atoms with Gasteiger partial charge in [-0.1, -0.05) is 6.92 Å². The Balaban J connectivity index is 2.62. The Hall–Kier alpha value is -0.860. The molecule has 0 radical (unpaired) electrons. The molecule has 1 fully saturated rings. The molecule has 16 heavy (non-hydrogen) atoms. The van der Waals surface area contributed by atoms with Gasteiger partial charge >= 0.3 is 16.3 Å². The van der Waals surface area contributed by atoms with Gasteiger partial charge in [0, 0.05) is 19.1 Å². The number of nitrogens with two attached hydrogens (primary N) is 1. The van der Waals surface area contributed by atoms with E-state index in [1.807, 2.05) is 11.6 Å². The molecule has 1 heterocycles. The highest BCUT2D eigenvalue weighted by Gasteiger charge is 2.35. The van der Waals surface area contributed by atoms with Crippen molar-refractivity contribution in [3.8, 4) is 0 Å². The van der Waals surface area contributed by atoms with Gasteiger partial charge in [0.2, 0.25) is 0 Å². The van der Waals surface area contributed by atoms with Crippen LogP contribution in [0.4, 0.5) is 4.79 Å². The van der Waals surface area contributed by atoms with Crippen LogP contribution in [0.3, 0.4) is 0 Å². The summed E-state index contributed by atoms with van der Waals surface area (Å²) < 4.78 is 30.8. The maximum Gasteiger partial charge on any atom is 0.421 e.